The molecule has 1 aromatic heterocycles. The van der Waals surface area contributed by atoms with E-state index in [4.69, 9.17) is 9.47 Å². The second-order valence-corrected chi connectivity index (χ2v) is 5.91. The molecule has 1 aromatic carbocycles. The van der Waals surface area contributed by atoms with E-state index in [-0.39, 0.29) is 27.8 Å². The van der Waals surface area contributed by atoms with Gasteiger partial charge in [-0.15, -0.1) is 0 Å². The van der Waals surface area contributed by atoms with Gasteiger partial charge in [-0.3, -0.25) is 14.9 Å². The molecule has 26 heavy (non-hydrogen) atoms. The van der Waals surface area contributed by atoms with Gasteiger partial charge in [-0.1, -0.05) is 11.3 Å². The average molecular weight is 378 g/mol. The first-order valence-corrected chi connectivity index (χ1v) is 7.90. The standard InChI is InChI=1S/C16H14N2O7S/c1-24-12-7-10(16(20)21)11(8-13(12)25-2)17-14(19)5-3-9-4-6-15(26-9)18(22)23/h3-8H,1-2H3,(H,17,19)(H,20,21)/b5-3+. The Morgan fingerprint density at radius 2 is 1.88 bits per heavy atom. The van der Waals surface area contributed by atoms with Crippen molar-refractivity contribution in [2.75, 3.05) is 19.5 Å². The Morgan fingerprint density at radius 1 is 1.23 bits per heavy atom. The van der Waals surface area contributed by atoms with E-state index in [2.05, 4.69) is 5.32 Å². The number of ether oxygens (including phenoxy) is 2. The zero-order valence-electron chi connectivity index (χ0n) is 13.7. The van der Waals surface area contributed by atoms with E-state index >= 15 is 0 Å². The number of methoxy groups -OCH3 is 2. The molecule has 0 spiro atoms. The third-order valence-electron chi connectivity index (χ3n) is 3.20. The summed E-state index contributed by atoms with van der Waals surface area (Å²) in [7, 11) is 2.75. The molecular weight excluding hydrogens is 364 g/mol. The lowest BCUT2D eigenvalue weighted by Gasteiger charge is -2.13. The maximum atomic E-state index is 12.1. The number of nitrogens with zero attached hydrogens (tertiary/aromatic N) is 1. The van der Waals surface area contributed by atoms with Gasteiger partial charge < -0.3 is 19.9 Å². The molecule has 2 aromatic rings. The van der Waals surface area contributed by atoms with E-state index in [9.17, 15) is 24.8 Å². The van der Waals surface area contributed by atoms with Crippen LogP contribution in [0.5, 0.6) is 11.5 Å². The van der Waals surface area contributed by atoms with Crippen LogP contribution in [0.4, 0.5) is 10.7 Å². The van der Waals surface area contributed by atoms with Gasteiger partial charge in [-0.05, 0) is 12.1 Å². The fourth-order valence-electron chi connectivity index (χ4n) is 2.02. The Kier molecular flexibility index (Phi) is 5.91. The quantitative estimate of drug-likeness (QED) is 0.430. The van der Waals surface area contributed by atoms with Gasteiger partial charge in [-0.25, -0.2) is 4.79 Å². The minimum Gasteiger partial charge on any atom is -0.493 e. The number of hydrogen-bond donors (Lipinski definition) is 2. The number of nitrogens with one attached hydrogen (secondary N) is 1. The molecule has 10 heteroatoms. The molecule has 0 fully saturated rings. The predicted molar refractivity (Wildman–Crippen MR) is 95.1 cm³/mol. The number of carboxylic acid groups (broad SMARTS) is 1. The molecular formula is C16H14N2O7S. The van der Waals surface area contributed by atoms with Crippen molar-refractivity contribution in [3.8, 4) is 11.5 Å². The highest BCUT2D eigenvalue weighted by molar-refractivity contribution is 7.16. The number of carboxylic acids is 1. The third-order valence-corrected chi connectivity index (χ3v) is 4.21. The zero-order chi connectivity index (χ0) is 19.3. The summed E-state index contributed by atoms with van der Waals surface area (Å²) in [6.45, 7) is 0. The molecule has 2 rings (SSSR count). The molecule has 0 unspecified atom stereocenters. The number of thiophene rings is 1. The van der Waals surface area contributed by atoms with Crippen molar-refractivity contribution in [1.29, 1.82) is 0 Å². The number of carbonyl (C=O) groups is 2. The molecule has 1 heterocycles. The van der Waals surface area contributed by atoms with Crippen LogP contribution in [0.25, 0.3) is 6.08 Å². The number of benzene rings is 1. The minimum atomic E-state index is -1.25. The monoisotopic (exact) mass is 378 g/mol. The summed E-state index contributed by atoms with van der Waals surface area (Å²) < 4.78 is 10.1. The van der Waals surface area contributed by atoms with E-state index in [0.29, 0.717) is 4.88 Å². The van der Waals surface area contributed by atoms with Crippen LogP contribution in [0.15, 0.2) is 30.3 Å². The van der Waals surface area contributed by atoms with Gasteiger partial charge in [0.2, 0.25) is 5.91 Å². The van der Waals surface area contributed by atoms with E-state index in [0.717, 1.165) is 17.4 Å². The van der Waals surface area contributed by atoms with Crippen molar-refractivity contribution in [2.24, 2.45) is 0 Å². The molecule has 1 amide bonds. The van der Waals surface area contributed by atoms with E-state index < -0.39 is 16.8 Å². The summed E-state index contributed by atoms with van der Waals surface area (Å²) in [4.78, 5) is 34.1. The number of carbonyl (C=O) groups excluding carboxylic acids is 1. The van der Waals surface area contributed by atoms with Crippen molar-refractivity contribution in [3.05, 3.63) is 50.9 Å². The molecule has 0 atom stereocenters. The van der Waals surface area contributed by atoms with Crippen LogP contribution in [0, 0.1) is 10.1 Å². The van der Waals surface area contributed by atoms with E-state index in [1.807, 2.05) is 0 Å². The molecule has 0 saturated carbocycles. The second-order valence-electron chi connectivity index (χ2n) is 4.81. The normalized spacial score (nSPS) is 10.5. The van der Waals surface area contributed by atoms with Gasteiger partial charge in [0.15, 0.2) is 11.5 Å². The summed E-state index contributed by atoms with van der Waals surface area (Å²) in [6, 6.07) is 5.41. The van der Waals surface area contributed by atoms with Crippen molar-refractivity contribution < 1.29 is 29.1 Å². The molecule has 0 aliphatic rings. The maximum Gasteiger partial charge on any atom is 0.337 e. The van der Waals surface area contributed by atoms with Crippen molar-refractivity contribution in [1.82, 2.24) is 0 Å². The largest absolute Gasteiger partial charge is 0.493 e. The van der Waals surface area contributed by atoms with Gasteiger partial charge in [0, 0.05) is 29.2 Å². The molecule has 0 aliphatic carbocycles. The van der Waals surface area contributed by atoms with Crippen LogP contribution < -0.4 is 14.8 Å². The molecule has 0 bridgehead atoms. The molecule has 0 aliphatic heterocycles. The number of rotatable bonds is 7. The lowest BCUT2D eigenvalue weighted by molar-refractivity contribution is -0.380. The van der Waals surface area contributed by atoms with Gasteiger partial charge in [-0.2, -0.15) is 0 Å². The van der Waals surface area contributed by atoms with Gasteiger partial charge >= 0.3 is 11.0 Å². The summed E-state index contributed by atoms with van der Waals surface area (Å²) in [5.74, 6) is -1.38. The van der Waals surface area contributed by atoms with Gasteiger partial charge in [0.05, 0.1) is 30.4 Å². The number of nitro groups is 1. The lowest BCUT2D eigenvalue weighted by atomic mass is 10.1. The second kappa shape index (κ2) is 8.12. The highest BCUT2D eigenvalue weighted by atomic mass is 32.1. The molecule has 0 radical (unpaired) electrons. The van der Waals surface area contributed by atoms with Crippen LogP contribution in [0.3, 0.4) is 0 Å². The van der Waals surface area contributed by atoms with Crippen LogP contribution in [0.1, 0.15) is 15.2 Å². The Morgan fingerprint density at radius 3 is 2.42 bits per heavy atom. The highest BCUT2D eigenvalue weighted by Crippen LogP contribution is 2.33. The van der Waals surface area contributed by atoms with Crippen molar-refractivity contribution in [3.63, 3.8) is 0 Å². The molecule has 136 valence electrons. The topological polar surface area (TPSA) is 128 Å². The Labute approximate surface area is 151 Å². The van der Waals surface area contributed by atoms with Crippen molar-refractivity contribution in [2.45, 2.75) is 0 Å². The summed E-state index contributed by atoms with van der Waals surface area (Å²) in [6.07, 6.45) is 2.55. The Balaban J connectivity index is 2.22. The maximum absolute atomic E-state index is 12.1. The number of aromatic carboxylic acids is 1. The number of hydrogen-bond acceptors (Lipinski definition) is 7. The Bertz CT molecular complexity index is 889. The highest BCUT2D eigenvalue weighted by Gasteiger charge is 2.17. The predicted octanol–water partition coefficient (Wildman–Crippen LogP) is 3.02. The van der Waals surface area contributed by atoms with Crippen LogP contribution in [0.2, 0.25) is 0 Å². The number of anilines is 1. The molecule has 9 nitrogen and oxygen atoms in total. The van der Waals surface area contributed by atoms with Crippen molar-refractivity contribution >= 4 is 40.0 Å². The Hall–Kier alpha value is -3.40. The fourth-order valence-corrected chi connectivity index (χ4v) is 2.75. The first-order chi connectivity index (χ1) is 12.3. The fraction of sp³-hybridized carbons (Fsp3) is 0.125. The van der Waals surface area contributed by atoms with E-state index in [1.165, 1.54) is 44.6 Å². The SMILES string of the molecule is COc1cc(NC(=O)/C=C/c2ccc([N+](=O)[O-])s2)c(C(=O)O)cc1OC. The zero-order valence-corrected chi connectivity index (χ0v) is 14.5. The van der Waals surface area contributed by atoms with Gasteiger partial charge in [0.1, 0.15) is 0 Å². The average Bonchev–Trinajstić information content (AvgIpc) is 3.08. The van der Waals surface area contributed by atoms with E-state index in [1.54, 1.807) is 0 Å². The van der Waals surface area contributed by atoms with Crippen LogP contribution in [-0.2, 0) is 4.79 Å². The molecule has 0 saturated heterocycles. The lowest BCUT2D eigenvalue weighted by Crippen LogP contribution is -2.12. The molecule has 2 N–H and O–H groups in total. The first kappa shape index (κ1) is 18.9. The van der Waals surface area contributed by atoms with Crippen LogP contribution in [-0.4, -0.2) is 36.1 Å². The van der Waals surface area contributed by atoms with Crippen LogP contribution >= 0.6 is 11.3 Å². The first-order valence-electron chi connectivity index (χ1n) is 7.08. The third kappa shape index (κ3) is 4.36. The number of amides is 1. The minimum absolute atomic E-state index is 0.0296. The smallest absolute Gasteiger partial charge is 0.337 e. The van der Waals surface area contributed by atoms with Gasteiger partial charge in [0.25, 0.3) is 0 Å². The summed E-state index contributed by atoms with van der Waals surface area (Å²) in [5, 5.41) is 22.3. The summed E-state index contributed by atoms with van der Waals surface area (Å²) >= 11 is 0.912. The summed E-state index contributed by atoms with van der Waals surface area (Å²) in [5.41, 5.74) is -0.141.